The number of rotatable bonds is 8. The quantitative estimate of drug-likeness (QED) is 0.372. The smallest absolute Gasteiger partial charge is 0.309 e. The molecule has 222 valence electrons. The molecule has 8 heteroatoms. The number of carbonyl (C=O) groups excluding carboxylic acids is 2. The molecule has 1 N–H and O–H groups in total. The van der Waals surface area contributed by atoms with E-state index in [1.165, 1.54) is 6.07 Å². The molecule has 2 saturated heterocycles. The molecule has 2 unspecified atom stereocenters. The zero-order chi connectivity index (χ0) is 29.6. The normalized spacial score (nSPS) is 19.4. The molecule has 2 aliphatic rings. The van der Waals surface area contributed by atoms with Gasteiger partial charge in [0, 0.05) is 56.4 Å². The van der Waals surface area contributed by atoms with E-state index in [0.717, 1.165) is 30.8 Å². The van der Waals surface area contributed by atoms with Gasteiger partial charge in [0.15, 0.2) is 0 Å². The van der Waals surface area contributed by atoms with Crippen molar-refractivity contribution >= 4 is 11.9 Å². The highest BCUT2D eigenvalue weighted by atomic mass is 19.1. The summed E-state index contributed by atoms with van der Waals surface area (Å²) in [6, 6.07) is 22.0. The number of benzene rings is 3. The van der Waals surface area contributed by atoms with Gasteiger partial charge in [-0.25, -0.2) is 4.39 Å². The van der Waals surface area contributed by atoms with E-state index >= 15 is 0 Å². The number of hydrogen-bond acceptors (Lipinski definition) is 6. The Morgan fingerprint density at radius 3 is 2.36 bits per heavy atom. The molecule has 2 heterocycles. The average molecular weight is 574 g/mol. The lowest BCUT2D eigenvalue weighted by molar-refractivity contribution is -0.149. The van der Waals surface area contributed by atoms with Gasteiger partial charge in [-0.1, -0.05) is 42.5 Å². The standard InChI is InChI=1S/C34H40FN3O4/c1-3-42-34(41)25-14-16-37(17-15-25)33(40)28-11-6-9-26(20-28)32(27-10-7-12-30(39)21-27)38-19-18-36(22-24(38)2)23-29-8-4-5-13-31(29)35/h4-13,20-21,24-25,32,39H,3,14-19,22-23H2,1-2H3. The molecule has 0 saturated carbocycles. The molecule has 2 fully saturated rings. The lowest BCUT2D eigenvalue weighted by atomic mass is 9.92. The maximum Gasteiger partial charge on any atom is 0.309 e. The van der Waals surface area contributed by atoms with Crippen molar-refractivity contribution in [2.24, 2.45) is 5.92 Å². The Labute approximate surface area is 247 Å². The summed E-state index contributed by atoms with van der Waals surface area (Å²) in [5.74, 6) is -0.369. The number of phenols is 1. The van der Waals surface area contributed by atoms with E-state index in [9.17, 15) is 19.1 Å². The molecule has 2 aliphatic heterocycles. The van der Waals surface area contributed by atoms with Crippen molar-refractivity contribution in [3.63, 3.8) is 0 Å². The molecule has 7 nitrogen and oxygen atoms in total. The highest BCUT2D eigenvalue weighted by Crippen LogP contribution is 2.34. The molecule has 3 aromatic rings. The van der Waals surface area contributed by atoms with Crippen LogP contribution in [0.25, 0.3) is 0 Å². The summed E-state index contributed by atoms with van der Waals surface area (Å²) in [6.07, 6.45) is 1.20. The number of piperazine rings is 1. The van der Waals surface area contributed by atoms with Crippen molar-refractivity contribution in [2.45, 2.75) is 45.3 Å². The van der Waals surface area contributed by atoms with E-state index < -0.39 is 0 Å². The number of carbonyl (C=O) groups is 2. The number of amides is 1. The molecule has 0 bridgehead atoms. The molecule has 2 atom stereocenters. The summed E-state index contributed by atoms with van der Waals surface area (Å²) in [7, 11) is 0. The van der Waals surface area contributed by atoms with Crippen LogP contribution < -0.4 is 0 Å². The van der Waals surface area contributed by atoms with Crippen LogP contribution in [0, 0.1) is 11.7 Å². The molecular weight excluding hydrogens is 533 g/mol. The van der Waals surface area contributed by atoms with Crippen LogP contribution in [-0.2, 0) is 16.1 Å². The van der Waals surface area contributed by atoms with E-state index in [1.807, 2.05) is 53.4 Å². The minimum absolute atomic E-state index is 0.0448. The molecule has 0 radical (unpaired) electrons. The predicted octanol–water partition coefficient (Wildman–Crippen LogP) is 5.24. The van der Waals surface area contributed by atoms with Crippen molar-refractivity contribution in [1.82, 2.24) is 14.7 Å². The molecule has 3 aromatic carbocycles. The van der Waals surface area contributed by atoms with Crippen LogP contribution in [0.5, 0.6) is 5.75 Å². The van der Waals surface area contributed by atoms with Gasteiger partial charge >= 0.3 is 5.97 Å². The van der Waals surface area contributed by atoms with Gasteiger partial charge in [0.05, 0.1) is 18.6 Å². The third-order valence-corrected chi connectivity index (χ3v) is 8.48. The first-order chi connectivity index (χ1) is 20.3. The fourth-order valence-electron chi connectivity index (χ4n) is 6.31. The number of nitrogens with zero attached hydrogens (tertiary/aromatic N) is 3. The zero-order valence-corrected chi connectivity index (χ0v) is 24.4. The monoisotopic (exact) mass is 573 g/mol. The van der Waals surface area contributed by atoms with Gasteiger partial charge in [-0.3, -0.25) is 19.4 Å². The maximum atomic E-state index is 14.3. The Morgan fingerprint density at radius 2 is 1.67 bits per heavy atom. The van der Waals surface area contributed by atoms with Crippen LogP contribution in [0.4, 0.5) is 4.39 Å². The maximum absolute atomic E-state index is 14.3. The Kier molecular flexibility index (Phi) is 9.55. The Morgan fingerprint density at radius 1 is 0.952 bits per heavy atom. The van der Waals surface area contributed by atoms with Crippen LogP contribution in [0.1, 0.15) is 59.8 Å². The fourth-order valence-corrected chi connectivity index (χ4v) is 6.31. The van der Waals surface area contributed by atoms with Gasteiger partial charge in [0.25, 0.3) is 5.91 Å². The lowest BCUT2D eigenvalue weighted by Gasteiger charge is -2.44. The number of aromatic hydroxyl groups is 1. The van der Waals surface area contributed by atoms with E-state index in [2.05, 4.69) is 16.7 Å². The summed E-state index contributed by atoms with van der Waals surface area (Å²) in [5, 5.41) is 10.4. The van der Waals surface area contributed by atoms with Crippen molar-refractivity contribution in [3.8, 4) is 5.75 Å². The van der Waals surface area contributed by atoms with Crippen LogP contribution in [0.2, 0.25) is 0 Å². The zero-order valence-electron chi connectivity index (χ0n) is 24.4. The van der Waals surface area contributed by atoms with Gasteiger partial charge in [0.2, 0.25) is 0 Å². The molecule has 0 aromatic heterocycles. The molecule has 42 heavy (non-hydrogen) atoms. The number of ether oxygens (including phenoxy) is 1. The first-order valence-electron chi connectivity index (χ1n) is 14.9. The number of phenolic OH excluding ortho intramolecular Hbond substituents is 1. The second-order valence-electron chi connectivity index (χ2n) is 11.4. The van der Waals surface area contributed by atoms with E-state index in [1.54, 1.807) is 25.1 Å². The van der Waals surface area contributed by atoms with E-state index in [-0.39, 0.29) is 41.4 Å². The number of hydrogen-bond donors (Lipinski definition) is 1. The van der Waals surface area contributed by atoms with Crippen molar-refractivity contribution in [3.05, 3.63) is 101 Å². The molecule has 0 spiro atoms. The third-order valence-electron chi connectivity index (χ3n) is 8.48. The second-order valence-corrected chi connectivity index (χ2v) is 11.4. The molecule has 5 rings (SSSR count). The number of piperidine rings is 1. The van der Waals surface area contributed by atoms with Crippen LogP contribution in [0.15, 0.2) is 72.8 Å². The van der Waals surface area contributed by atoms with E-state index in [4.69, 9.17) is 4.74 Å². The predicted molar refractivity (Wildman–Crippen MR) is 159 cm³/mol. The number of esters is 1. The summed E-state index contributed by atoms with van der Waals surface area (Å²) in [4.78, 5) is 32.2. The fraction of sp³-hybridized carbons (Fsp3) is 0.412. The van der Waals surface area contributed by atoms with Crippen LogP contribution >= 0.6 is 0 Å². The first kappa shape index (κ1) is 29.7. The van der Waals surface area contributed by atoms with E-state index in [0.29, 0.717) is 50.2 Å². The summed E-state index contributed by atoms with van der Waals surface area (Å²) < 4.78 is 19.5. The first-order valence-corrected chi connectivity index (χ1v) is 14.9. The summed E-state index contributed by atoms with van der Waals surface area (Å²) >= 11 is 0. The van der Waals surface area contributed by atoms with Gasteiger partial charge in [-0.15, -0.1) is 0 Å². The van der Waals surface area contributed by atoms with Crippen molar-refractivity contribution < 1.29 is 23.8 Å². The largest absolute Gasteiger partial charge is 0.508 e. The lowest BCUT2D eigenvalue weighted by Crippen LogP contribution is -2.52. The highest BCUT2D eigenvalue weighted by Gasteiger charge is 2.33. The minimum Gasteiger partial charge on any atom is -0.508 e. The van der Waals surface area contributed by atoms with Crippen LogP contribution in [-0.4, -0.2) is 77.1 Å². The molecule has 0 aliphatic carbocycles. The SMILES string of the molecule is CCOC(=O)C1CCN(C(=O)c2cccc(C(c3cccc(O)c3)N3CCN(Cc4ccccc4F)CC3C)c2)CC1. The number of likely N-dealkylation sites (tertiary alicyclic amines) is 1. The van der Waals surface area contributed by atoms with Gasteiger partial charge in [-0.2, -0.15) is 0 Å². The third kappa shape index (κ3) is 6.82. The van der Waals surface area contributed by atoms with Gasteiger partial charge in [0.1, 0.15) is 11.6 Å². The minimum atomic E-state index is -0.183. The molecule has 1 amide bonds. The van der Waals surface area contributed by atoms with Gasteiger partial charge in [-0.05, 0) is 68.1 Å². The summed E-state index contributed by atoms with van der Waals surface area (Å²) in [6.45, 7) is 8.21. The summed E-state index contributed by atoms with van der Waals surface area (Å²) in [5.41, 5.74) is 3.23. The topological polar surface area (TPSA) is 73.3 Å². The Balaban J connectivity index is 1.35. The Bertz CT molecular complexity index is 1390. The number of halogens is 1. The van der Waals surface area contributed by atoms with Gasteiger partial charge < -0.3 is 14.7 Å². The van der Waals surface area contributed by atoms with Crippen molar-refractivity contribution in [1.29, 1.82) is 0 Å². The second kappa shape index (κ2) is 13.5. The molecular formula is C34H40FN3O4. The highest BCUT2D eigenvalue weighted by molar-refractivity contribution is 5.94. The van der Waals surface area contributed by atoms with Crippen molar-refractivity contribution in [2.75, 3.05) is 39.3 Å². The Hall–Kier alpha value is -3.75. The average Bonchev–Trinajstić information content (AvgIpc) is 3.00. The van der Waals surface area contributed by atoms with Crippen LogP contribution in [0.3, 0.4) is 0 Å².